The predicted molar refractivity (Wildman–Crippen MR) is 219 cm³/mol. The summed E-state index contributed by atoms with van der Waals surface area (Å²) >= 11 is 0. The second kappa shape index (κ2) is 15.5. The van der Waals surface area contributed by atoms with Crippen LogP contribution in [0.25, 0.3) is 0 Å². The Morgan fingerprint density at radius 2 is 1.02 bits per heavy atom. The standard InChI is InChI=1S/2C23H29NO8/c2*1-24-7-6-23-11-3-4-13(26)21(23)32-20-14(5-2-10(16(20)23)8-12(11)24)30-22-19(29)18(28)17(27)15(9-25)31-22/h2*2,5,11-12,15,17-19,21-22,25,27-29H,3-4,6-9H2,1H3/t2*11-,12+,15+,17+,18-,19+,21-,22?,23-/m00/s1. The maximum absolute atomic E-state index is 13.0. The highest BCUT2D eigenvalue weighted by atomic mass is 16.7. The Bertz CT molecular complexity index is 2060. The maximum atomic E-state index is 13.0. The van der Waals surface area contributed by atoms with Gasteiger partial charge in [-0.1, -0.05) is 12.1 Å². The zero-order valence-electron chi connectivity index (χ0n) is 35.8. The van der Waals surface area contributed by atoms with Crippen molar-refractivity contribution in [1.82, 2.24) is 9.80 Å². The van der Waals surface area contributed by atoms with E-state index in [2.05, 4.69) is 23.9 Å². The van der Waals surface area contributed by atoms with Gasteiger partial charge in [0, 0.05) is 46.9 Å². The van der Waals surface area contributed by atoms with Gasteiger partial charge in [0.2, 0.25) is 12.6 Å². The lowest BCUT2D eigenvalue weighted by Gasteiger charge is -2.57. The number of nitrogens with zero attached hydrogens (tertiary/aromatic N) is 2. The van der Waals surface area contributed by atoms with Crippen LogP contribution in [0.3, 0.4) is 0 Å². The van der Waals surface area contributed by atoms with Crippen LogP contribution in [0, 0.1) is 11.8 Å². The first kappa shape index (κ1) is 43.1. The molecule has 10 aliphatic rings. The third-order valence-corrected chi connectivity index (χ3v) is 16.9. The molecule has 12 rings (SSSR count). The van der Waals surface area contributed by atoms with E-state index in [1.165, 1.54) is 0 Å². The molecule has 6 aliphatic heterocycles. The molecule has 0 radical (unpaired) electrons. The lowest BCUT2D eigenvalue weighted by Crippen LogP contribution is -2.65. The minimum absolute atomic E-state index is 0.118. The quantitative estimate of drug-likeness (QED) is 0.159. The normalized spacial score (nSPS) is 44.7. The van der Waals surface area contributed by atoms with Gasteiger partial charge in [0.15, 0.2) is 46.8 Å². The van der Waals surface area contributed by atoms with Crippen molar-refractivity contribution in [3.8, 4) is 23.0 Å². The van der Waals surface area contributed by atoms with E-state index < -0.39 is 86.8 Å². The zero-order chi connectivity index (χ0) is 44.7. The van der Waals surface area contributed by atoms with Gasteiger partial charge in [-0.2, -0.15) is 0 Å². The largest absolute Gasteiger partial charge is 0.477 e. The fourth-order valence-electron chi connectivity index (χ4n) is 13.8. The van der Waals surface area contributed by atoms with Crippen LogP contribution >= 0.6 is 0 Å². The van der Waals surface area contributed by atoms with Gasteiger partial charge in [0.1, 0.15) is 48.8 Å². The van der Waals surface area contributed by atoms with Crippen LogP contribution in [-0.2, 0) is 42.7 Å². The Morgan fingerprint density at radius 1 is 0.609 bits per heavy atom. The van der Waals surface area contributed by atoms with Crippen LogP contribution < -0.4 is 18.9 Å². The van der Waals surface area contributed by atoms with Crippen molar-refractivity contribution in [2.24, 2.45) is 11.8 Å². The minimum atomic E-state index is -1.53. The summed E-state index contributed by atoms with van der Waals surface area (Å²) < 4.78 is 35.7. The van der Waals surface area contributed by atoms with E-state index in [-0.39, 0.29) is 22.4 Å². The molecule has 64 heavy (non-hydrogen) atoms. The highest BCUT2D eigenvalue weighted by Crippen LogP contribution is 2.65. The number of carbonyl (C=O) groups is 2. The number of piperidine rings is 2. The molecule has 2 saturated carbocycles. The molecule has 2 aromatic rings. The van der Waals surface area contributed by atoms with Crippen molar-refractivity contribution >= 4 is 11.6 Å². The third-order valence-electron chi connectivity index (χ3n) is 16.9. The molecule has 2 unspecified atom stereocenters. The first-order valence-electron chi connectivity index (χ1n) is 22.8. The van der Waals surface area contributed by atoms with E-state index in [0.29, 0.717) is 59.8 Å². The molecule has 8 N–H and O–H groups in total. The molecule has 348 valence electrons. The van der Waals surface area contributed by atoms with Crippen molar-refractivity contribution in [3.63, 3.8) is 0 Å². The van der Waals surface area contributed by atoms with Crippen LogP contribution in [0.1, 0.15) is 60.8 Å². The molecule has 4 bridgehead atoms. The van der Waals surface area contributed by atoms with E-state index in [4.69, 9.17) is 28.4 Å². The number of ketones is 2. The van der Waals surface area contributed by atoms with Crippen LogP contribution in [0.2, 0.25) is 0 Å². The summed E-state index contributed by atoms with van der Waals surface area (Å²) in [5, 5.41) is 80.1. The fraction of sp³-hybridized carbons (Fsp3) is 0.696. The number of likely N-dealkylation sites (tertiary alicyclic amines) is 2. The van der Waals surface area contributed by atoms with Gasteiger partial charge >= 0.3 is 0 Å². The summed E-state index contributed by atoms with van der Waals surface area (Å²) in [4.78, 5) is 30.8. The Labute approximate surface area is 369 Å². The first-order valence-corrected chi connectivity index (χ1v) is 22.8. The first-order chi connectivity index (χ1) is 30.7. The number of Topliss-reactive ketones (excluding diaryl/α,β-unsaturated/α-hetero) is 2. The fourth-order valence-corrected chi connectivity index (χ4v) is 13.8. The number of likely N-dealkylation sites (N-methyl/N-ethyl adjacent to an activating group) is 2. The Hall–Kier alpha value is -3.50. The molecule has 6 fully saturated rings. The van der Waals surface area contributed by atoms with E-state index in [9.17, 15) is 50.4 Å². The number of aliphatic hydroxyl groups is 8. The molecular formula is C46H58N2O16. The van der Waals surface area contributed by atoms with Gasteiger partial charge in [-0.3, -0.25) is 9.59 Å². The van der Waals surface area contributed by atoms with Gasteiger partial charge < -0.3 is 79.1 Å². The van der Waals surface area contributed by atoms with Crippen molar-refractivity contribution in [2.45, 2.75) is 148 Å². The predicted octanol–water partition coefficient (Wildman–Crippen LogP) is -1.79. The Morgan fingerprint density at radius 3 is 1.41 bits per heavy atom. The highest BCUT2D eigenvalue weighted by Gasteiger charge is 2.67. The average molecular weight is 895 g/mol. The van der Waals surface area contributed by atoms with E-state index in [1.54, 1.807) is 12.1 Å². The minimum Gasteiger partial charge on any atom is -0.477 e. The van der Waals surface area contributed by atoms with Gasteiger partial charge in [-0.25, -0.2) is 0 Å². The lowest BCUT2D eigenvalue weighted by atomic mass is 9.52. The van der Waals surface area contributed by atoms with Crippen LogP contribution in [-0.4, -0.2) is 188 Å². The molecule has 0 amide bonds. The van der Waals surface area contributed by atoms with E-state index >= 15 is 0 Å². The molecular weight excluding hydrogens is 837 g/mol. The van der Waals surface area contributed by atoms with Gasteiger partial charge in [-0.05, 0) is 101 Å². The van der Waals surface area contributed by atoms with Crippen molar-refractivity contribution in [1.29, 1.82) is 0 Å². The van der Waals surface area contributed by atoms with Crippen molar-refractivity contribution < 1.29 is 78.9 Å². The highest BCUT2D eigenvalue weighted by molar-refractivity contribution is 5.90. The van der Waals surface area contributed by atoms with Gasteiger partial charge in [0.05, 0.1) is 13.2 Å². The lowest BCUT2D eigenvalue weighted by molar-refractivity contribution is -0.277. The third kappa shape index (κ3) is 5.94. The number of aliphatic hydroxyl groups excluding tert-OH is 8. The number of hydrogen-bond donors (Lipinski definition) is 8. The number of hydrogen-bond acceptors (Lipinski definition) is 18. The number of carbonyl (C=O) groups excluding carboxylic acids is 2. The van der Waals surface area contributed by atoms with Crippen molar-refractivity contribution in [2.75, 3.05) is 40.4 Å². The molecule has 0 aromatic heterocycles. The number of rotatable bonds is 6. The van der Waals surface area contributed by atoms with E-state index in [1.807, 2.05) is 12.1 Å². The van der Waals surface area contributed by atoms with Gasteiger partial charge in [-0.15, -0.1) is 0 Å². The van der Waals surface area contributed by atoms with E-state index in [0.717, 1.165) is 73.9 Å². The molecule has 18 heteroatoms. The molecule has 6 heterocycles. The SMILES string of the molecule is CN1CC[C@]23c4c5ccc(OC6O[C@H](CO)[C@@H](O)[C@H](O)[C@H]6O)c4O[C@H]2C(=O)CC[C@H]3[C@H]1C5.CN1CC[C@]23c4c5ccc(OC6O[C@H](CO)[C@@H](O)[C@H](O)[C@H]6O)c4O[C@H]2C(=O)CC[C@H]3[C@H]1C5. The summed E-state index contributed by atoms with van der Waals surface area (Å²) in [5.41, 5.74) is 3.70. The van der Waals surface area contributed by atoms with Crippen LogP contribution in [0.5, 0.6) is 23.0 Å². The average Bonchev–Trinajstić information content (AvgIpc) is 3.84. The molecule has 4 aliphatic carbocycles. The summed E-state index contributed by atoms with van der Waals surface area (Å²) in [5.74, 6) is 2.61. The van der Waals surface area contributed by atoms with Crippen molar-refractivity contribution in [3.05, 3.63) is 46.5 Å². The maximum Gasteiger partial charge on any atom is 0.229 e. The topological polar surface area (TPSA) is 258 Å². The summed E-state index contributed by atoms with van der Waals surface area (Å²) in [7, 11) is 4.31. The van der Waals surface area contributed by atoms with Crippen LogP contribution in [0.15, 0.2) is 24.3 Å². The monoisotopic (exact) mass is 894 g/mol. The molecule has 4 saturated heterocycles. The Kier molecular flexibility index (Phi) is 10.5. The van der Waals surface area contributed by atoms with Gasteiger partial charge in [0.25, 0.3) is 0 Å². The smallest absolute Gasteiger partial charge is 0.229 e. The van der Waals surface area contributed by atoms with Crippen LogP contribution in [0.4, 0.5) is 0 Å². The second-order valence-corrected chi connectivity index (χ2v) is 19.8. The summed E-state index contributed by atoms with van der Waals surface area (Å²) in [6, 6.07) is 8.24. The molecule has 2 spiro atoms. The Balaban J connectivity index is 0.000000143. The summed E-state index contributed by atoms with van der Waals surface area (Å²) in [6.45, 7) is 0.721. The summed E-state index contributed by atoms with van der Waals surface area (Å²) in [6.07, 6.45) is -8.64. The molecule has 18 nitrogen and oxygen atoms in total. The molecule has 18 atom stereocenters. The number of benzene rings is 2. The zero-order valence-corrected chi connectivity index (χ0v) is 35.8. The molecule has 2 aromatic carbocycles. The number of ether oxygens (including phenoxy) is 6. The second-order valence-electron chi connectivity index (χ2n) is 19.8.